The molecule has 0 spiro atoms. The number of rotatable bonds is 6. The Kier molecular flexibility index (Phi) is 2.83. The molecule has 3 saturated carbocycles. The van der Waals surface area contributed by atoms with Gasteiger partial charge in [0.05, 0.1) is 5.41 Å². The molecular formula is C14H21NO3. The number of carboxylic acids is 1. The zero-order valence-corrected chi connectivity index (χ0v) is 10.7. The van der Waals surface area contributed by atoms with E-state index in [4.69, 9.17) is 0 Å². The molecule has 3 fully saturated rings. The quantitative estimate of drug-likeness (QED) is 0.758. The summed E-state index contributed by atoms with van der Waals surface area (Å²) >= 11 is 0. The van der Waals surface area contributed by atoms with Gasteiger partial charge in [-0.25, -0.2) is 0 Å². The van der Waals surface area contributed by atoms with Crippen molar-refractivity contribution < 1.29 is 14.7 Å². The molecule has 1 amide bonds. The fourth-order valence-electron chi connectivity index (χ4n) is 3.15. The van der Waals surface area contributed by atoms with Gasteiger partial charge in [-0.2, -0.15) is 0 Å². The van der Waals surface area contributed by atoms with E-state index >= 15 is 0 Å². The molecule has 0 aliphatic heterocycles. The van der Waals surface area contributed by atoms with Crippen LogP contribution in [0.4, 0.5) is 0 Å². The van der Waals surface area contributed by atoms with Crippen LogP contribution in [0.1, 0.15) is 51.4 Å². The number of carboxylic acid groups (broad SMARTS) is 1. The van der Waals surface area contributed by atoms with Gasteiger partial charge in [-0.3, -0.25) is 9.59 Å². The third-order valence-corrected chi connectivity index (χ3v) is 4.85. The van der Waals surface area contributed by atoms with Gasteiger partial charge in [0.25, 0.3) is 0 Å². The van der Waals surface area contributed by atoms with Gasteiger partial charge in [-0.05, 0) is 50.4 Å². The summed E-state index contributed by atoms with van der Waals surface area (Å²) in [5.74, 6) is 0.506. The molecule has 100 valence electrons. The van der Waals surface area contributed by atoms with Crippen LogP contribution < -0.4 is 5.32 Å². The monoisotopic (exact) mass is 251 g/mol. The van der Waals surface area contributed by atoms with E-state index in [0.29, 0.717) is 30.7 Å². The molecule has 0 heterocycles. The number of carbonyl (C=O) groups excluding carboxylic acids is 1. The van der Waals surface area contributed by atoms with Gasteiger partial charge in [0, 0.05) is 12.5 Å². The molecule has 18 heavy (non-hydrogen) atoms. The van der Waals surface area contributed by atoms with Crippen molar-refractivity contribution in [3.05, 3.63) is 0 Å². The van der Waals surface area contributed by atoms with E-state index in [1.54, 1.807) is 0 Å². The molecule has 0 saturated heterocycles. The smallest absolute Gasteiger partial charge is 0.310 e. The van der Waals surface area contributed by atoms with Gasteiger partial charge < -0.3 is 10.4 Å². The summed E-state index contributed by atoms with van der Waals surface area (Å²) in [5.41, 5.74) is -0.748. The summed E-state index contributed by atoms with van der Waals surface area (Å²) in [6.45, 7) is 0. The largest absolute Gasteiger partial charge is 0.481 e. The van der Waals surface area contributed by atoms with Crippen LogP contribution >= 0.6 is 0 Å². The standard InChI is InChI=1S/C14H21NO3/c16-11(8-14(13(17)18)6-1-7-14)15-12(9-2-3-9)10-4-5-10/h9-10,12H,1-8H2,(H,15,16)(H,17,18). The average Bonchev–Trinajstić information content (AvgIpc) is 3.13. The van der Waals surface area contributed by atoms with Crippen molar-refractivity contribution in [2.75, 3.05) is 0 Å². The van der Waals surface area contributed by atoms with E-state index in [1.165, 1.54) is 25.7 Å². The summed E-state index contributed by atoms with van der Waals surface area (Å²) in [7, 11) is 0. The molecule has 0 unspecified atom stereocenters. The van der Waals surface area contributed by atoms with E-state index in [2.05, 4.69) is 5.32 Å². The lowest BCUT2D eigenvalue weighted by Crippen LogP contribution is -2.45. The second-order valence-electron chi connectivity index (χ2n) is 6.38. The van der Waals surface area contributed by atoms with E-state index in [1.807, 2.05) is 0 Å². The van der Waals surface area contributed by atoms with E-state index in [-0.39, 0.29) is 12.3 Å². The van der Waals surface area contributed by atoms with Crippen molar-refractivity contribution >= 4 is 11.9 Å². The van der Waals surface area contributed by atoms with E-state index in [9.17, 15) is 14.7 Å². The maximum Gasteiger partial charge on any atom is 0.310 e. The highest BCUT2D eigenvalue weighted by molar-refractivity contribution is 5.85. The minimum atomic E-state index is -0.793. The first-order valence-corrected chi connectivity index (χ1v) is 7.13. The van der Waals surface area contributed by atoms with Crippen molar-refractivity contribution in [1.29, 1.82) is 0 Å². The molecule has 2 N–H and O–H groups in total. The SMILES string of the molecule is O=C(CC1(C(=O)O)CCC1)NC(C1CC1)C1CC1. The van der Waals surface area contributed by atoms with Crippen LogP contribution in [0.5, 0.6) is 0 Å². The van der Waals surface area contributed by atoms with Crippen molar-refractivity contribution in [2.45, 2.75) is 57.4 Å². The molecule has 0 aromatic rings. The van der Waals surface area contributed by atoms with E-state index in [0.717, 1.165) is 6.42 Å². The third kappa shape index (κ3) is 2.25. The lowest BCUT2D eigenvalue weighted by atomic mass is 9.66. The number of hydrogen-bond acceptors (Lipinski definition) is 2. The number of nitrogens with one attached hydrogen (secondary N) is 1. The molecule has 0 radical (unpaired) electrons. The zero-order chi connectivity index (χ0) is 12.8. The lowest BCUT2D eigenvalue weighted by Gasteiger charge is -2.37. The van der Waals surface area contributed by atoms with Gasteiger partial charge in [0.1, 0.15) is 0 Å². The number of aliphatic carboxylic acids is 1. The van der Waals surface area contributed by atoms with Crippen LogP contribution in [-0.2, 0) is 9.59 Å². The average molecular weight is 251 g/mol. The van der Waals surface area contributed by atoms with Gasteiger partial charge in [0.2, 0.25) is 5.91 Å². The predicted octanol–water partition coefficient (Wildman–Crippen LogP) is 1.94. The summed E-state index contributed by atoms with van der Waals surface area (Å²) in [4.78, 5) is 23.3. The van der Waals surface area contributed by atoms with Gasteiger partial charge in [-0.1, -0.05) is 6.42 Å². The Hall–Kier alpha value is -1.06. The lowest BCUT2D eigenvalue weighted by molar-refractivity contribution is -0.157. The Labute approximate surface area is 107 Å². The highest BCUT2D eigenvalue weighted by Crippen LogP contribution is 2.46. The van der Waals surface area contributed by atoms with Crippen LogP contribution in [0, 0.1) is 17.3 Å². The molecule has 0 bridgehead atoms. The minimum Gasteiger partial charge on any atom is -0.481 e. The fourth-order valence-corrected chi connectivity index (χ4v) is 3.15. The molecule has 0 atom stereocenters. The number of carbonyl (C=O) groups is 2. The van der Waals surface area contributed by atoms with Gasteiger partial charge in [0.15, 0.2) is 0 Å². The Morgan fingerprint density at radius 1 is 1.17 bits per heavy atom. The van der Waals surface area contributed by atoms with Crippen molar-refractivity contribution in [1.82, 2.24) is 5.32 Å². The molecule has 4 heteroatoms. The van der Waals surface area contributed by atoms with Crippen LogP contribution in [-0.4, -0.2) is 23.0 Å². The Morgan fingerprint density at radius 2 is 1.72 bits per heavy atom. The van der Waals surface area contributed by atoms with Crippen LogP contribution in [0.25, 0.3) is 0 Å². The molecule has 0 aromatic heterocycles. The first-order chi connectivity index (χ1) is 8.61. The van der Waals surface area contributed by atoms with Gasteiger partial charge in [-0.15, -0.1) is 0 Å². The van der Waals surface area contributed by atoms with Crippen molar-refractivity contribution in [3.63, 3.8) is 0 Å². The summed E-state index contributed by atoms with van der Waals surface area (Å²) in [6.07, 6.45) is 7.35. The molecule has 4 nitrogen and oxygen atoms in total. The maximum atomic E-state index is 12.1. The second-order valence-corrected chi connectivity index (χ2v) is 6.38. The summed E-state index contributed by atoms with van der Waals surface area (Å²) in [6, 6.07) is 0.337. The molecule has 3 aliphatic carbocycles. The second kappa shape index (κ2) is 4.25. The molecule has 3 aliphatic rings. The number of amides is 1. The first kappa shape index (κ1) is 12.0. The Balaban J connectivity index is 1.55. The van der Waals surface area contributed by atoms with Gasteiger partial charge >= 0.3 is 5.97 Å². The number of hydrogen-bond donors (Lipinski definition) is 2. The van der Waals surface area contributed by atoms with Crippen LogP contribution in [0.15, 0.2) is 0 Å². The Bertz CT molecular complexity index is 355. The van der Waals surface area contributed by atoms with Crippen molar-refractivity contribution in [2.24, 2.45) is 17.3 Å². The normalized spacial score (nSPS) is 25.6. The summed E-state index contributed by atoms with van der Waals surface area (Å²) in [5, 5.41) is 12.3. The van der Waals surface area contributed by atoms with Crippen LogP contribution in [0.2, 0.25) is 0 Å². The highest BCUT2D eigenvalue weighted by atomic mass is 16.4. The predicted molar refractivity (Wildman–Crippen MR) is 65.9 cm³/mol. The molecule has 0 aromatic carbocycles. The molecule has 3 rings (SSSR count). The van der Waals surface area contributed by atoms with Crippen molar-refractivity contribution in [3.8, 4) is 0 Å². The van der Waals surface area contributed by atoms with E-state index < -0.39 is 11.4 Å². The summed E-state index contributed by atoms with van der Waals surface area (Å²) < 4.78 is 0. The van der Waals surface area contributed by atoms with Crippen LogP contribution in [0.3, 0.4) is 0 Å². The zero-order valence-electron chi connectivity index (χ0n) is 10.7. The molecular weight excluding hydrogens is 230 g/mol. The first-order valence-electron chi connectivity index (χ1n) is 7.13. The fraction of sp³-hybridized carbons (Fsp3) is 0.857. The Morgan fingerprint density at radius 3 is 2.06 bits per heavy atom. The topological polar surface area (TPSA) is 66.4 Å². The highest BCUT2D eigenvalue weighted by Gasteiger charge is 2.47. The third-order valence-electron chi connectivity index (χ3n) is 4.85. The minimum absolute atomic E-state index is 0.0408. The maximum absolute atomic E-state index is 12.1.